The molecular formula is C9H15IN2O3S. The van der Waals surface area contributed by atoms with Crippen LogP contribution >= 0.6 is 22.6 Å². The number of nitrogens with one attached hydrogen (secondary N) is 2. The van der Waals surface area contributed by atoms with Crippen molar-refractivity contribution >= 4 is 32.6 Å². The van der Waals surface area contributed by atoms with Gasteiger partial charge in [0.2, 0.25) is 10.0 Å². The van der Waals surface area contributed by atoms with Crippen molar-refractivity contribution in [3.8, 4) is 0 Å². The average molecular weight is 358 g/mol. The lowest BCUT2D eigenvalue weighted by molar-refractivity contribution is 0.461. The highest BCUT2D eigenvalue weighted by atomic mass is 127. The van der Waals surface area contributed by atoms with Gasteiger partial charge in [-0.3, -0.25) is 0 Å². The molecule has 0 saturated heterocycles. The molecule has 0 aliphatic heterocycles. The molecule has 1 heterocycles. The van der Waals surface area contributed by atoms with E-state index in [1.54, 1.807) is 0 Å². The van der Waals surface area contributed by atoms with Gasteiger partial charge in [0.1, 0.15) is 5.76 Å². The van der Waals surface area contributed by atoms with Crippen molar-refractivity contribution in [3.05, 3.63) is 21.7 Å². The van der Waals surface area contributed by atoms with Crippen molar-refractivity contribution in [1.29, 1.82) is 0 Å². The summed E-state index contributed by atoms with van der Waals surface area (Å²) in [5, 5.41) is 3.17. The topological polar surface area (TPSA) is 71.3 Å². The predicted molar refractivity (Wildman–Crippen MR) is 70.6 cm³/mol. The first-order valence-electron chi connectivity index (χ1n) is 4.87. The molecule has 2 N–H and O–H groups in total. The highest BCUT2D eigenvalue weighted by Gasteiger charge is 2.00. The van der Waals surface area contributed by atoms with Crippen LogP contribution in [0.5, 0.6) is 0 Å². The van der Waals surface area contributed by atoms with Crippen LogP contribution in [0, 0.1) is 3.77 Å². The molecule has 1 aromatic heterocycles. The van der Waals surface area contributed by atoms with Crippen molar-refractivity contribution in [1.82, 2.24) is 10.0 Å². The largest absolute Gasteiger partial charge is 0.454 e. The fraction of sp³-hybridized carbons (Fsp3) is 0.556. The summed E-state index contributed by atoms with van der Waals surface area (Å²) in [4.78, 5) is 0. The maximum Gasteiger partial charge on any atom is 0.208 e. The van der Waals surface area contributed by atoms with Crippen molar-refractivity contribution in [2.24, 2.45) is 0 Å². The summed E-state index contributed by atoms with van der Waals surface area (Å²) in [6.45, 7) is 1.88. The average Bonchev–Trinajstić information content (AvgIpc) is 2.56. The van der Waals surface area contributed by atoms with E-state index in [0.717, 1.165) is 28.7 Å². The van der Waals surface area contributed by atoms with E-state index < -0.39 is 10.0 Å². The zero-order valence-corrected chi connectivity index (χ0v) is 12.0. The van der Waals surface area contributed by atoms with Crippen LogP contribution in [0.3, 0.4) is 0 Å². The maximum absolute atomic E-state index is 10.7. The Morgan fingerprint density at radius 1 is 1.38 bits per heavy atom. The second-order valence-electron chi connectivity index (χ2n) is 3.40. The molecule has 92 valence electrons. The molecule has 0 atom stereocenters. The van der Waals surface area contributed by atoms with Gasteiger partial charge in [0.25, 0.3) is 0 Å². The van der Waals surface area contributed by atoms with Crippen LogP contribution in [0.25, 0.3) is 0 Å². The summed E-state index contributed by atoms with van der Waals surface area (Å²) >= 11 is 2.11. The van der Waals surface area contributed by atoms with Gasteiger partial charge in [-0.25, -0.2) is 13.1 Å². The lowest BCUT2D eigenvalue weighted by Crippen LogP contribution is -2.26. The van der Waals surface area contributed by atoms with Crippen LogP contribution in [0.4, 0.5) is 0 Å². The number of hydrogen-bond acceptors (Lipinski definition) is 4. The minimum absolute atomic E-state index is 0.460. The Balaban J connectivity index is 2.04. The molecule has 0 amide bonds. The van der Waals surface area contributed by atoms with Crippen molar-refractivity contribution < 1.29 is 12.8 Å². The fourth-order valence-corrected chi connectivity index (χ4v) is 2.11. The van der Waals surface area contributed by atoms with E-state index in [4.69, 9.17) is 4.42 Å². The lowest BCUT2D eigenvalue weighted by Gasteiger charge is -2.03. The Bertz CT molecular complexity index is 416. The number of halogens is 1. The number of furan rings is 1. The van der Waals surface area contributed by atoms with Gasteiger partial charge in [0.05, 0.1) is 12.8 Å². The molecule has 0 radical (unpaired) electrons. The molecule has 0 fully saturated rings. The molecule has 1 rings (SSSR count). The molecule has 0 aliphatic carbocycles. The standard InChI is InChI=1S/C9H15IN2O3S/c1-16(13,14)12-6-2-5-11-7-8-3-4-9(10)15-8/h3-4,11-12H,2,5-7H2,1H3. The van der Waals surface area contributed by atoms with Gasteiger partial charge >= 0.3 is 0 Å². The Morgan fingerprint density at radius 3 is 2.69 bits per heavy atom. The van der Waals surface area contributed by atoms with E-state index in [1.165, 1.54) is 0 Å². The van der Waals surface area contributed by atoms with Gasteiger partial charge in [-0.1, -0.05) is 0 Å². The number of sulfonamides is 1. The van der Waals surface area contributed by atoms with Crippen LogP contribution in [0.2, 0.25) is 0 Å². The Kier molecular flexibility index (Phi) is 5.73. The van der Waals surface area contributed by atoms with Crippen LogP contribution in [-0.2, 0) is 16.6 Å². The zero-order chi connectivity index (χ0) is 12.0. The van der Waals surface area contributed by atoms with Crippen molar-refractivity contribution in [3.63, 3.8) is 0 Å². The quantitative estimate of drug-likeness (QED) is 0.562. The van der Waals surface area contributed by atoms with Crippen LogP contribution in [0.1, 0.15) is 12.2 Å². The normalized spacial score (nSPS) is 11.9. The van der Waals surface area contributed by atoms with E-state index >= 15 is 0 Å². The lowest BCUT2D eigenvalue weighted by atomic mass is 10.4. The molecule has 0 spiro atoms. The Hall–Kier alpha value is -0.120. The third kappa shape index (κ3) is 6.46. The third-order valence-electron chi connectivity index (χ3n) is 1.82. The fourth-order valence-electron chi connectivity index (χ4n) is 1.13. The maximum atomic E-state index is 10.7. The van der Waals surface area contributed by atoms with E-state index in [-0.39, 0.29) is 0 Å². The van der Waals surface area contributed by atoms with Gasteiger partial charge < -0.3 is 9.73 Å². The number of rotatable bonds is 7. The first kappa shape index (κ1) is 13.9. The molecule has 1 aromatic rings. The van der Waals surface area contributed by atoms with Gasteiger partial charge in [-0.05, 0) is 47.7 Å². The van der Waals surface area contributed by atoms with Gasteiger partial charge in [0, 0.05) is 6.54 Å². The molecule has 0 aliphatic rings. The third-order valence-corrected chi connectivity index (χ3v) is 3.13. The summed E-state index contributed by atoms with van der Waals surface area (Å²) in [6, 6.07) is 3.83. The summed E-state index contributed by atoms with van der Waals surface area (Å²) in [5.41, 5.74) is 0. The monoisotopic (exact) mass is 358 g/mol. The molecular weight excluding hydrogens is 343 g/mol. The summed E-state index contributed by atoms with van der Waals surface area (Å²) in [7, 11) is -3.06. The van der Waals surface area contributed by atoms with E-state index in [0.29, 0.717) is 13.1 Å². The molecule has 16 heavy (non-hydrogen) atoms. The molecule has 0 saturated carbocycles. The minimum atomic E-state index is -3.06. The van der Waals surface area contributed by atoms with E-state index in [1.807, 2.05) is 12.1 Å². The minimum Gasteiger partial charge on any atom is -0.454 e. The molecule has 7 heteroatoms. The van der Waals surface area contributed by atoms with E-state index in [2.05, 4.69) is 32.6 Å². The smallest absolute Gasteiger partial charge is 0.208 e. The first-order chi connectivity index (χ1) is 7.47. The van der Waals surface area contributed by atoms with Gasteiger partial charge in [-0.2, -0.15) is 0 Å². The molecule has 0 aromatic carbocycles. The van der Waals surface area contributed by atoms with Gasteiger partial charge in [0.15, 0.2) is 3.77 Å². The van der Waals surface area contributed by atoms with E-state index in [9.17, 15) is 8.42 Å². The molecule has 0 unspecified atom stereocenters. The van der Waals surface area contributed by atoms with Crippen LogP contribution in [-0.4, -0.2) is 27.8 Å². The zero-order valence-electron chi connectivity index (χ0n) is 8.99. The van der Waals surface area contributed by atoms with Crippen molar-refractivity contribution in [2.45, 2.75) is 13.0 Å². The first-order valence-corrected chi connectivity index (χ1v) is 7.84. The summed E-state index contributed by atoms with van der Waals surface area (Å²) in [5.74, 6) is 0.889. The highest BCUT2D eigenvalue weighted by molar-refractivity contribution is 14.1. The Labute approximate surface area is 109 Å². The summed E-state index contributed by atoms with van der Waals surface area (Å²) in [6.07, 6.45) is 1.91. The van der Waals surface area contributed by atoms with Crippen LogP contribution < -0.4 is 10.0 Å². The predicted octanol–water partition coefficient (Wildman–Crippen LogP) is 0.913. The second kappa shape index (κ2) is 6.58. The highest BCUT2D eigenvalue weighted by Crippen LogP contribution is 2.09. The second-order valence-corrected chi connectivity index (χ2v) is 6.30. The van der Waals surface area contributed by atoms with Crippen LogP contribution in [0.15, 0.2) is 16.5 Å². The van der Waals surface area contributed by atoms with Crippen molar-refractivity contribution in [2.75, 3.05) is 19.3 Å². The number of hydrogen-bond donors (Lipinski definition) is 2. The van der Waals surface area contributed by atoms with Gasteiger partial charge in [-0.15, -0.1) is 0 Å². The molecule has 0 bridgehead atoms. The SMILES string of the molecule is CS(=O)(=O)NCCCNCc1ccc(I)o1. The Morgan fingerprint density at radius 2 is 2.12 bits per heavy atom. The summed E-state index contributed by atoms with van der Waals surface area (Å²) < 4.78 is 30.1. The molecule has 5 nitrogen and oxygen atoms in total.